The molecule has 3 aromatic carbocycles. The second kappa shape index (κ2) is 14.3. The topological polar surface area (TPSA) is 116 Å². The van der Waals surface area contributed by atoms with Gasteiger partial charge in [-0.3, -0.25) is 10.00 Å². The van der Waals surface area contributed by atoms with Crippen LogP contribution in [0.1, 0.15) is 19.8 Å². The Bertz CT molecular complexity index is 1600. The van der Waals surface area contributed by atoms with E-state index in [1.54, 1.807) is 23.1 Å². The molecule has 0 fully saturated rings. The molecule has 0 bridgehead atoms. The van der Waals surface area contributed by atoms with Crippen LogP contribution in [0.15, 0.2) is 85.5 Å². The fraction of sp³-hybridized carbons (Fsp3) is 0.233. The number of nitrogens with zero attached hydrogens (tertiary/aromatic N) is 5. The molecule has 0 aliphatic carbocycles. The van der Waals surface area contributed by atoms with Crippen LogP contribution in [-0.4, -0.2) is 58.2 Å². The summed E-state index contributed by atoms with van der Waals surface area (Å²) in [5.74, 6) is -0.392. The Balaban J connectivity index is 0.000000197. The number of anilines is 1. The van der Waals surface area contributed by atoms with Crippen molar-refractivity contribution in [2.75, 3.05) is 19.0 Å². The molecule has 13 heteroatoms. The first-order chi connectivity index (χ1) is 20.7. The van der Waals surface area contributed by atoms with Crippen LogP contribution in [0.25, 0.3) is 11.0 Å². The zero-order chi connectivity index (χ0) is 30.8. The van der Waals surface area contributed by atoms with Crippen LogP contribution in [0, 0.1) is 11.6 Å². The first kappa shape index (κ1) is 31.0. The van der Waals surface area contributed by atoms with Gasteiger partial charge >= 0.3 is 12.1 Å². The van der Waals surface area contributed by atoms with Crippen molar-refractivity contribution >= 4 is 47.6 Å². The van der Waals surface area contributed by atoms with Crippen LogP contribution in [-0.2, 0) is 10.9 Å². The summed E-state index contributed by atoms with van der Waals surface area (Å²) < 4.78 is 34.2. The van der Waals surface area contributed by atoms with Crippen molar-refractivity contribution in [1.82, 2.24) is 29.6 Å². The number of benzene rings is 3. The standard InChI is InChI=1S/C16H15F2N3Si.C14H18N4O3/c1-22(12-21-11-19-10-20-21,15-6-2-13(17)3-7-15)16-8-4-14(18)5-9-16;1-3-4-9-15-13(19)18-11-8-6-5-7-10(11)16-12(18)17-14(20)21-2/h2-11H,12H2,1H3;5-8H,3-4,9H2,1-2H3,(H,15,19)(H,16,17,20). The summed E-state index contributed by atoms with van der Waals surface area (Å²) in [6.07, 6.45) is 5.01. The van der Waals surface area contributed by atoms with Gasteiger partial charge in [-0.05, 0) is 42.8 Å². The van der Waals surface area contributed by atoms with E-state index in [0.29, 0.717) is 23.7 Å². The summed E-state index contributed by atoms with van der Waals surface area (Å²) >= 11 is 0. The number of amides is 2. The second-order valence-electron chi connectivity index (χ2n) is 9.90. The van der Waals surface area contributed by atoms with E-state index in [0.717, 1.165) is 23.2 Å². The van der Waals surface area contributed by atoms with E-state index in [1.807, 2.05) is 43.3 Å². The number of fused-ring (bicyclic) bond motifs is 1. The van der Waals surface area contributed by atoms with Crippen LogP contribution in [0.2, 0.25) is 6.55 Å². The molecule has 2 amide bonds. The molecular formula is C30H33F2N7O3Si. The number of hydrogen-bond donors (Lipinski definition) is 2. The van der Waals surface area contributed by atoms with Crippen molar-refractivity contribution in [2.45, 2.75) is 32.5 Å². The van der Waals surface area contributed by atoms with Gasteiger partial charge in [0.1, 0.15) is 32.4 Å². The lowest BCUT2D eigenvalue weighted by molar-refractivity contribution is 0.186. The van der Waals surface area contributed by atoms with E-state index in [-0.39, 0.29) is 23.6 Å². The molecule has 224 valence electrons. The number of hydrogen-bond acceptors (Lipinski definition) is 6. The molecule has 0 unspecified atom stereocenters. The normalized spacial score (nSPS) is 11.0. The number of imidazole rings is 1. The highest BCUT2D eigenvalue weighted by molar-refractivity contribution is 7.00. The maximum atomic E-state index is 13.2. The number of carbonyl (C=O) groups is 2. The highest BCUT2D eigenvalue weighted by atomic mass is 28.3. The molecule has 0 radical (unpaired) electrons. The molecule has 0 aliphatic heterocycles. The summed E-state index contributed by atoms with van der Waals surface area (Å²) in [7, 11) is -0.971. The van der Waals surface area contributed by atoms with Gasteiger partial charge in [-0.2, -0.15) is 5.10 Å². The molecule has 0 atom stereocenters. The predicted octanol–water partition coefficient (Wildman–Crippen LogP) is 4.56. The Morgan fingerprint density at radius 1 is 0.953 bits per heavy atom. The Kier molecular flexibility index (Phi) is 10.3. The van der Waals surface area contributed by atoms with E-state index in [2.05, 4.69) is 37.0 Å². The number of unbranched alkanes of at least 4 members (excludes halogenated alkanes) is 1. The Morgan fingerprint density at radius 3 is 2.14 bits per heavy atom. The van der Waals surface area contributed by atoms with Gasteiger partial charge in [0, 0.05) is 12.7 Å². The number of nitrogens with one attached hydrogen (secondary N) is 2. The number of aromatic nitrogens is 5. The van der Waals surface area contributed by atoms with Crippen LogP contribution in [0.4, 0.5) is 24.3 Å². The van der Waals surface area contributed by atoms with Gasteiger partial charge in [0.15, 0.2) is 0 Å². The van der Waals surface area contributed by atoms with Gasteiger partial charge in [-0.25, -0.2) is 32.9 Å². The van der Waals surface area contributed by atoms with E-state index < -0.39 is 14.2 Å². The monoisotopic (exact) mass is 605 g/mol. The largest absolute Gasteiger partial charge is 0.453 e. The summed E-state index contributed by atoms with van der Waals surface area (Å²) in [5, 5.41) is 11.6. The van der Waals surface area contributed by atoms with Gasteiger partial charge < -0.3 is 10.1 Å². The van der Waals surface area contributed by atoms with Crippen molar-refractivity contribution < 1.29 is 23.1 Å². The van der Waals surface area contributed by atoms with E-state index in [4.69, 9.17) is 0 Å². The molecule has 5 rings (SSSR count). The Morgan fingerprint density at radius 2 is 1.58 bits per heavy atom. The minimum Gasteiger partial charge on any atom is -0.453 e. The fourth-order valence-electron chi connectivity index (χ4n) is 4.53. The third-order valence-corrected chi connectivity index (χ3v) is 11.0. The van der Waals surface area contributed by atoms with Crippen LogP contribution >= 0.6 is 0 Å². The van der Waals surface area contributed by atoms with E-state index >= 15 is 0 Å². The van der Waals surface area contributed by atoms with Crippen molar-refractivity contribution in [1.29, 1.82) is 0 Å². The van der Waals surface area contributed by atoms with Gasteiger partial charge in [0.05, 0.1) is 18.1 Å². The third-order valence-electron chi connectivity index (χ3n) is 6.88. The Labute approximate surface area is 248 Å². The van der Waals surface area contributed by atoms with Gasteiger partial charge in [-0.15, -0.1) is 0 Å². The van der Waals surface area contributed by atoms with Crippen LogP contribution in [0.3, 0.4) is 0 Å². The minimum atomic E-state index is -2.22. The maximum Gasteiger partial charge on any atom is 0.413 e. The zero-order valence-corrected chi connectivity index (χ0v) is 25.1. The summed E-state index contributed by atoms with van der Waals surface area (Å²) in [5.41, 5.74) is 1.24. The summed E-state index contributed by atoms with van der Waals surface area (Å²) in [6.45, 7) is 4.78. The lowest BCUT2D eigenvalue weighted by Crippen LogP contribution is -2.59. The smallest absolute Gasteiger partial charge is 0.413 e. The quantitative estimate of drug-likeness (QED) is 0.198. The molecule has 5 aromatic rings. The highest BCUT2D eigenvalue weighted by Gasteiger charge is 2.33. The van der Waals surface area contributed by atoms with Crippen LogP contribution < -0.4 is 21.0 Å². The average Bonchev–Trinajstić information content (AvgIpc) is 3.65. The minimum absolute atomic E-state index is 0.136. The number of ether oxygens (including phenoxy) is 1. The summed E-state index contributed by atoms with van der Waals surface area (Å²) in [6, 6.07) is 19.9. The molecule has 0 aliphatic rings. The van der Waals surface area contributed by atoms with Gasteiger partial charge in [0.2, 0.25) is 5.95 Å². The second-order valence-corrected chi connectivity index (χ2v) is 14.0. The van der Waals surface area contributed by atoms with Crippen molar-refractivity contribution in [3.05, 3.63) is 97.1 Å². The van der Waals surface area contributed by atoms with Gasteiger partial charge in [-0.1, -0.05) is 66.7 Å². The number of para-hydroxylation sites is 2. The van der Waals surface area contributed by atoms with Gasteiger partial charge in [0.25, 0.3) is 0 Å². The lowest BCUT2D eigenvalue weighted by atomic mass is 10.3. The number of carbonyl (C=O) groups excluding carboxylic acids is 2. The molecule has 0 spiro atoms. The highest BCUT2D eigenvalue weighted by Crippen LogP contribution is 2.19. The lowest BCUT2D eigenvalue weighted by Gasteiger charge is -2.28. The fourth-order valence-corrected chi connectivity index (χ4v) is 7.85. The molecule has 43 heavy (non-hydrogen) atoms. The SMILES string of the molecule is CCCCNC(=O)n1c(NC(=O)OC)nc2ccccc21.C[Si](Cn1cncn1)(c1ccc(F)cc1)c1ccc(F)cc1. The van der Waals surface area contributed by atoms with Crippen molar-refractivity contribution in [2.24, 2.45) is 0 Å². The molecular weight excluding hydrogens is 572 g/mol. The number of methoxy groups -OCH3 is 1. The van der Waals surface area contributed by atoms with Crippen molar-refractivity contribution in [3.63, 3.8) is 0 Å². The predicted molar refractivity (Wildman–Crippen MR) is 163 cm³/mol. The van der Waals surface area contributed by atoms with Crippen molar-refractivity contribution in [3.8, 4) is 0 Å². The molecule has 10 nitrogen and oxygen atoms in total. The molecule has 0 saturated carbocycles. The number of rotatable bonds is 8. The third kappa shape index (κ3) is 7.68. The molecule has 2 N–H and O–H groups in total. The molecule has 2 heterocycles. The zero-order valence-electron chi connectivity index (χ0n) is 24.1. The molecule has 2 aromatic heterocycles. The average molecular weight is 606 g/mol. The maximum absolute atomic E-state index is 13.2. The van der Waals surface area contributed by atoms with E-state index in [9.17, 15) is 18.4 Å². The number of halogens is 2. The van der Waals surface area contributed by atoms with Crippen LogP contribution in [0.5, 0.6) is 0 Å². The first-order valence-electron chi connectivity index (χ1n) is 13.7. The Hall–Kier alpha value is -4.91. The first-order valence-corrected chi connectivity index (χ1v) is 16.4. The summed E-state index contributed by atoms with van der Waals surface area (Å²) in [4.78, 5) is 31.9. The van der Waals surface area contributed by atoms with E-state index in [1.165, 1.54) is 42.3 Å². The molecule has 0 saturated heterocycles.